The molecular weight excluding hydrogens is 496 g/mol. The Balaban J connectivity index is 0.00000342. The summed E-state index contributed by atoms with van der Waals surface area (Å²) in [5, 5.41) is 0.338. The Morgan fingerprint density at radius 1 is 1.20 bits per heavy atom. The third-order valence-corrected chi connectivity index (χ3v) is 6.83. The maximum absolute atomic E-state index is 14.2. The maximum Gasteiger partial charge on any atom is 0.266 e. The molecule has 35 heavy (non-hydrogen) atoms. The molecule has 1 aliphatic heterocycles. The van der Waals surface area contributed by atoms with Gasteiger partial charge in [0, 0.05) is 32.2 Å². The minimum absolute atomic E-state index is 0. The Kier molecular flexibility index (Phi) is 9.80. The summed E-state index contributed by atoms with van der Waals surface area (Å²) >= 11 is 1.10. The van der Waals surface area contributed by atoms with Crippen LogP contribution in [0, 0.1) is 11.6 Å². The molecule has 0 unspecified atom stereocenters. The van der Waals surface area contributed by atoms with E-state index < -0.39 is 11.6 Å². The number of hydrogen-bond donors (Lipinski definition) is 0. The van der Waals surface area contributed by atoms with Gasteiger partial charge in [0.2, 0.25) is 0 Å². The molecule has 3 aromatic rings. The predicted molar refractivity (Wildman–Crippen MR) is 137 cm³/mol. The number of carbonyl (C=O) groups excluding carboxylic acids is 1. The van der Waals surface area contributed by atoms with E-state index in [1.807, 2.05) is 24.3 Å². The molecule has 0 saturated carbocycles. The summed E-state index contributed by atoms with van der Waals surface area (Å²) in [6.07, 6.45) is 0.710. The summed E-state index contributed by atoms with van der Waals surface area (Å²) in [6, 6.07) is 9.70. The molecular formula is C25H30ClF2N3O3S. The lowest BCUT2D eigenvalue weighted by Gasteiger charge is -2.27. The lowest BCUT2D eigenvalue weighted by molar-refractivity contribution is -0.120. The fraction of sp³-hybridized carbons (Fsp3) is 0.440. The lowest BCUT2D eigenvalue weighted by Crippen LogP contribution is -2.40. The van der Waals surface area contributed by atoms with Gasteiger partial charge < -0.3 is 9.47 Å². The van der Waals surface area contributed by atoms with Gasteiger partial charge in [-0.3, -0.25) is 14.6 Å². The first kappa shape index (κ1) is 27.3. The summed E-state index contributed by atoms with van der Waals surface area (Å²) in [6.45, 7) is 8.37. The number of nitrogens with zero attached hydrogens (tertiary/aromatic N) is 3. The molecule has 1 aromatic heterocycles. The average Bonchev–Trinajstić information content (AvgIpc) is 3.25. The zero-order valence-corrected chi connectivity index (χ0v) is 21.5. The SMILES string of the molecule is CC(C)c1ccc(OCC(=O)N(CCCN2CCOCC2)c2nc3c(F)cc(F)cc3s2)cc1.Cl. The fourth-order valence-corrected chi connectivity index (χ4v) is 4.89. The van der Waals surface area contributed by atoms with Crippen molar-refractivity contribution in [2.45, 2.75) is 26.2 Å². The maximum atomic E-state index is 14.2. The van der Waals surface area contributed by atoms with E-state index in [4.69, 9.17) is 9.47 Å². The second kappa shape index (κ2) is 12.6. The third-order valence-electron chi connectivity index (χ3n) is 5.80. The zero-order chi connectivity index (χ0) is 24.1. The summed E-state index contributed by atoms with van der Waals surface area (Å²) < 4.78 is 39.4. The standard InChI is InChI=1S/C25H29F2N3O3S.ClH/c1-17(2)18-4-6-20(7-5-18)33-16-23(31)30(9-3-8-29-10-12-32-13-11-29)25-28-24-21(27)14-19(26)15-22(24)34-25;/h4-7,14-15,17H,3,8-13,16H2,1-2H3;1H. The van der Waals surface area contributed by atoms with Gasteiger partial charge in [-0.05, 0) is 36.1 Å². The van der Waals surface area contributed by atoms with E-state index in [1.165, 1.54) is 16.5 Å². The Bertz CT molecular complexity index is 1120. The first-order chi connectivity index (χ1) is 16.4. The van der Waals surface area contributed by atoms with Gasteiger partial charge in [-0.15, -0.1) is 12.4 Å². The minimum Gasteiger partial charge on any atom is -0.484 e. The molecule has 0 spiro atoms. The van der Waals surface area contributed by atoms with Crippen molar-refractivity contribution in [3.05, 3.63) is 53.6 Å². The topological polar surface area (TPSA) is 54.9 Å². The Hall–Kier alpha value is -2.33. The highest BCUT2D eigenvalue weighted by Gasteiger charge is 2.22. The van der Waals surface area contributed by atoms with E-state index in [2.05, 4.69) is 23.7 Å². The molecule has 1 fully saturated rings. The molecule has 6 nitrogen and oxygen atoms in total. The van der Waals surface area contributed by atoms with E-state index in [9.17, 15) is 13.6 Å². The van der Waals surface area contributed by atoms with Gasteiger partial charge in [0.25, 0.3) is 5.91 Å². The van der Waals surface area contributed by atoms with E-state index in [0.29, 0.717) is 47.7 Å². The molecule has 0 aliphatic carbocycles. The number of ether oxygens (including phenoxy) is 2. The zero-order valence-electron chi connectivity index (χ0n) is 19.8. The molecule has 1 amide bonds. The molecule has 1 aliphatic rings. The highest BCUT2D eigenvalue weighted by molar-refractivity contribution is 7.22. The van der Waals surface area contributed by atoms with Crippen LogP contribution in [0.15, 0.2) is 36.4 Å². The third kappa shape index (κ3) is 7.10. The Morgan fingerprint density at radius 3 is 2.60 bits per heavy atom. The smallest absolute Gasteiger partial charge is 0.266 e. The van der Waals surface area contributed by atoms with Crippen LogP contribution < -0.4 is 9.64 Å². The van der Waals surface area contributed by atoms with Gasteiger partial charge in [-0.2, -0.15) is 0 Å². The van der Waals surface area contributed by atoms with Gasteiger partial charge in [0.15, 0.2) is 17.6 Å². The van der Waals surface area contributed by atoms with Crippen molar-refractivity contribution in [1.29, 1.82) is 0 Å². The van der Waals surface area contributed by atoms with E-state index >= 15 is 0 Å². The summed E-state index contributed by atoms with van der Waals surface area (Å²) in [5.74, 6) is -0.682. The van der Waals surface area contributed by atoms with Crippen LogP contribution in [0.25, 0.3) is 10.2 Å². The van der Waals surface area contributed by atoms with Crippen LogP contribution in [0.3, 0.4) is 0 Å². The molecule has 10 heteroatoms. The van der Waals surface area contributed by atoms with Crippen LogP contribution in [0.1, 0.15) is 31.7 Å². The van der Waals surface area contributed by atoms with Crippen molar-refractivity contribution in [1.82, 2.24) is 9.88 Å². The molecule has 0 bridgehead atoms. The van der Waals surface area contributed by atoms with Gasteiger partial charge in [0.05, 0.1) is 17.9 Å². The number of thiazole rings is 1. The van der Waals surface area contributed by atoms with Gasteiger partial charge in [-0.1, -0.05) is 37.3 Å². The molecule has 0 atom stereocenters. The average molecular weight is 526 g/mol. The normalized spacial score (nSPS) is 14.2. The van der Waals surface area contributed by atoms with Gasteiger partial charge in [0.1, 0.15) is 17.1 Å². The molecule has 190 valence electrons. The minimum atomic E-state index is -0.736. The van der Waals surface area contributed by atoms with Crippen LogP contribution in [-0.2, 0) is 9.53 Å². The number of rotatable bonds is 9. The quantitative estimate of drug-likeness (QED) is 0.382. The first-order valence-corrected chi connectivity index (χ1v) is 12.3. The largest absolute Gasteiger partial charge is 0.484 e. The second-order valence-electron chi connectivity index (χ2n) is 8.60. The van der Waals surface area contributed by atoms with Crippen molar-refractivity contribution < 1.29 is 23.0 Å². The number of halogens is 3. The summed E-state index contributed by atoms with van der Waals surface area (Å²) in [5.41, 5.74) is 1.25. The van der Waals surface area contributed by atoms with Crippen molar-refractivity contribution >= 4 is 45.0 Å². The fourth-order valence-electron chi connectivity index (χ4n) is 3.84. The van der Waals surface area contributed by atoms with Crippen molar-refractivity contribution in [3.8, 4) is 5.75 Å². The van der Waals surface area contributed by atoms with Gasteiger partial charge in [-0.25, -0.2) is 13.8 Å². The Labute approximate surface area is 214 Å². The Morgan fingerprint density at radius 2 is 1.91 bits per heavy atom. The summed E-state index contributed by atoms with van der Waals surface area (Å²) in [4.78, 5) is 21.3. The number of fused-ring (bicyclic) bond motifs is 1. The molecule has 2 heterocycles. The number of amides is 1. The number of anilines is 1. The first-order valence-electron chi connectivity index (χ1n) is 11.5. The number of carbonyl (C=O) groups is 1. The molecule has 0 radical (unpaired) electrons. The number of aromatic nitrogens is 1. The van der Waals surface area contributed by atoms with Crippen molar-refractivity contribution in [2.75, 3.05) is 50.9 Å². The van der Waals surface area contributed by atoms with Crippen LogP contribution in [0.5, 0.6) is 5.75 Å². The van der Waals surface area contributed by atoms with Crippen LogP contribution >= 0.6 is 23.7 Å². The highest BCUT2D eigenvalue weighted by Crippen LogP contribution is 2.31. The predicted octanol–water partition coefficient (Wildman–Crippen LogP) is 5.25. The van der Waals surface area contributed by atoms with Crippen LogP contribution in [-0.4, -0.2) is 61.8 Å². The van der Waals surface area contributed by atoms with Crippen molar-refractivity contribution in [2.24, 2.45) is 0 Å². The van der Waals surface area contributed by atoms with E-state index in [-0.39, 0.29) is 30.4 Å². The lowest BCUT2D eigenvalue weighted by atomic mass is 10.0. The highest BCUT2D eigenvalue weighted by atomic mass is 35.5. The van der Waals surface area contributed by atoms with Crippen LogP contribution in [0.4, 0.5) is 13.9 Å². The molecule has 0 N–H and O–H groups in total. The summed E-state index contributed by atoms with van der Waals surface area (Å²) in [7, 11) is 0. The molecule has 1 saturated heterocycles. The number of benzene rings is 2. The van der Waals surface area contributed by atoms with Crippen LogP contribution in [0.2, 0.25) is 0 Å². The number of morpholine rings is 1. The van der Waals surface area contributed by atoms with Crippen molar-refractivity contribution in [3.63, 3.8) is 0 Å². The molecule has 2 aromatic carbocycles. The number of hydrogen-bond acceptors (Lipinski definition) is 6. The van der Waals surface area contributed by atoms with Gasteiger partial charge >= 0.3 is 0 Å². The van der Waals surface area contributed by atoms with E-state index in [1.54, 1.807) is 0 Å². The monoisotopic (exact) mass is 525 g/mol. The molecule has 4 rings (SSSR count). The second-order valence-corrected chi connectivity index (χ2v) is 9.61. The van der Waals surface area contributed by atoms with E-state index in [0.717, 1.165) is 37.0 Å².